The van der Waals surface area contributed by atoms with E-state index in [0.717, 1.165) is 29.6 Å². The lowest BCUT2D eigenvalue weighted by Crippen LogP contribution is -2.15. The maximum Gasteiger partial charge on any atom is 0.0966 e. The fraction of sp³-hybridized carbons (Fsp3) is 0.545. The lowest BCUT2D eigenvalue weighted by molar-refractivity contribution is 0.768. The van der Waals surface area contributed by atoms with E-state index in [-0.39, 0.29) is 0 Å². The minimum Gasteiger partial charge on any atom is -0.316 e. The number of nitrogens with zero attached hydrogens (tertiary/aromatic N) is 1. The fourth-order valence-electron chi connectivity index (χ4n) is 1.28. The van der Waals surface area contributed by atoms with Crippen LogP contribution in [-0.2, 0) is 0 Å². The van der Waals surface area contributed by atoms with Gasteiger partial charge in [-0.15, -0.1) is 11.8 Å². The molecule has 0 atom stereocenters. The van der Waals surface area contributed by atoms with E-state index in [9.17, 15) is 0 Å². The smallest absolute Gasteiger partial charge is 0.0966 e. The van der Waals surface area contributed by atoms with E-state index in [2.05, 4.69) is 36.3 Å². The topological polar surface area (TPSA) is 24.9 Å². The highest BCUT2D eigenvalue weighted by Gasteiger charge is 1.97. The Balaban J connectivity index is 2.42. The summed E-state index contributed by atoms with van der Waals surface area (Å²) in [5.74, 6) is 1.09. The molecule has 0 aliphatic rings. The molecule has 0 aromatic carbocycles. The van der Waals surface area contributed by atoms with Gasteiger partial charge in [0.05, 0.1) is 5.03 Å². The first-order chi connectivity index (χ1) is 6.72. The van der Waals surface area contributed by atoms with Gasteiger partial charge in [-0.05, 0) is 38.1 Å². The molecule has 1 aromatic rings. The summed E-state index contributed by atoms with van der Waals surface area (Å²) < 4.78 is 0. The zero-order chi connectivity index (χ0) is 10.4. The third-order valence-electron chi connectivity index (χ3n) is 1.85. The maximum atomic E-state index is 4.47. The predicted octanol–water partition coefficient (Wildman–Crippen LogP) is 2.40. The first kappa shape index (κ1) is 11.5. The van der Waals surface area contributed by atoms with Crippen molar-refractivity contribution in [3.05, 3.63) is 23.4 Å². The average molecular weight is 210 g/mol. The van der Waals surface area contributed by atoms with Gasteiger partial charge >= 0.3 is 0 Å². The molecule has 0 aliphatic carbocycles. The molecule has 3 heteroatoms. The molecule has 1 N–H and O–H groups in total. The van der Waals surface area contributed by atoms with E-state index in [1.54, 1.807) is 0 Å². The van der Waals surface area contributed by atoms with Gasteiger partial charge in [-0.3, -0.25) is 0 Å². The number of aryl methyl sites for hydroxylation is 2. The normalized spacial score (nSPS) is 10.5. The summed E-state index contributed by atoms with van der Waals surface area (Å²) in [6.07, 6.45) is 0. The van der Waals surface area contributed by atoms with Gasteiger partial charge in [-0.1, -0.05) is 6.92 Å². The van der Waals surface area contributed by atoms with Crippen molar-refractivity contribution in [1.29, 1.82) is 0 Å². The summed E-state index contributed by atoms with van der Waals surface area (Å²) in [5.41, 5.74) is 2.40. The van der Waals surface area contributed by atoms with Crippen molar-refractivity contribution in [1.82, 2.24) is 10.3 Å². The van der Waals surface area contributed by atoms with Crippen LogP contribution in [0.4, 0.5) is 0 Å². The van der Waals surface area contributed by atoms with Crippen LogP contribution in [0, 0.1) is 13.8 Å². The summed E-state index contributed by atoms with van der Waals surface area (Å²) in [7, 11) is 0. The molecule has 0 fully saturated rings. The van der Waals surface area contributed by atoms with E-state index >= 15 is 0 Å². The van der Waals surface area contributed by atoms with Gasteiger partial charge in [0.25, 0.3) is 0 Å². The minimum atomic E-state index is 1.04. The predicted molar refractivity (Wildman–Crippen MR) is 63.0 cm³/mol. The third kappa shape index (κ3) is 4.11. The minimum absolute atomic E-state index is 1.04. The van der Waals surface area contributed by atoms with Gasteiger partial charge in [0, 0.05) is 18.0 Å². The fourth-order valence-corrected chi connectivity index (χ4v) is 2.22. The van der Waals surface area contributed by atoms with E-state index in [0.29, 0.717) is 0 Å². The van der Waals surface area contributed by atoms with Crippen LogP contribution in [0.15, 0.2) is 17.2 Å². The second-order valence-electron chi connectivity index (χ2n) is 3.33. The van der Waals surface area contributed by atoms with Crippen LogP contribution in [0.2, 0.25) is 0 Å². The Kier molecular flexibility index (Phi) is 4.98. The van der Waals surface area contributed by atoms with Crippen molar-refractivity contribution in [2.75, 3.05) is 18.8 Å². The maximum absolute atomic E-state index is 4.47. The lowest BCUT2D eigenvalue weighted by Gasteiger charge is -2.04. The second kappa shape index (κ2) is 6.04. The number of hydrogen-bond acceptors (Lipinski definition) is 3. The first-order valence-corrected chi connectivity index (χ1v) is 5.99. The summed E-state index contributed by atoms with van der Waals surface area (Å²) >= 11 is 1.82. The van der Waals surface area contributed by atoms with Gasteiger partial charge in [-0.25, -0.2) is 4.98 Å². The SMILES string of the molecule is CCNCCSc1cc(C)cc(C)n1. The van der Waals surface area contributed by atoms with Crippen LogP contribution < -0.4 is 5.32 Å². The molecule has 1 aromatic heterocycles. The number of thioether (sulfide) groups is 1. The summed E-state index contributed by atoms with van der Waals surface area (Å²) in [4.78, 5) is 4.47. The number of nitrogens with one attached hydrogen (secondary N) is 1. The van der Waals surface area contributed by atoms with Crippen molar-refractivity contribution in [2.24, 2.45) is 0 Å². The highest BCUT2D eigenvalue weighted by Crippen LogP contribution is 2.16. The number of aromatic nitrogens is 1. The molecule has 0 bridgehead atoms. The van der Waals surface area contributed by atoms with Crippen LogP contribution in [-0.4, -0.2) is 23.8 Å². The van der Waals surface area contributed by atoms with Crippen LogP contribution >= 0.6 is 11.8 Å². The Bertz CT molecular complexity index is 266. The van der Waals surface area contributed by atoms with E-state index in [1.807, 2.05) is 18.7 Å². The Hall–Kier alpha value is -0.540. The van der Waals surface area contributed by atoms with Gasteiger partial charge in [0.15, 0.2) is 0 Å². The number of rotatable bonds is 5. The Labute approximate surface area is 90.5 Å². The zero-order valence-corrected chi connectivity index (χ0v) is 9.95. The molecule has 0 aliphatic heterocycles. The second-order valence-corrected chi connectivity index (χ2v) is 4.44. The monoisotopic (exact) mass is 210 g/mol. The van der Waals surface area contributed by atoms with Gasteiger partial charge < -0.3 is 5.32 Å². The van der Waals surface area contributed by atoms with Crippen LogP contribution in [0.1, 0.15) is 18.2 Å². The highest BCUT2D eigenvalue weighted by atomic mass is 32.2. The van der Waals surface area contributed by atoms with Crippen molar-refractivity contribution in [2.45, 2.75) is 25.8 Å². The van der Waals surface area contributed by atoms with E-state index in [4.69, 9.17) is 0 Å². The van der Waals surface area contributed by atoms with Crippen LogP contribution in [0.5, 0.6) is 0 Å². The largest absolute Gasteiger partial charge is 0.316 e. The van der Waals surface area contributed by atoms with Crippen LogP contribution in [0.25, 0.3) is 0 Å². The molecule has 1 heterocycles. The standard InChI is InChI=1S/C11H18N2S/c1-4-12-5-6-14-11-8-9(2)7-10(3)13-11/h7-8,12H,4-6H2,1-3H3. The molecule has 78 valence electrons. The van der Waals surface area contributed by atoms with Crippen LogP contribution in [0.3, 0.4) is 0 Å². The number of hydrogen-bond donors (Lipinski definition) is 1. The van der Waals surface area contributed by atoms with Gasteiger partial charge in [0.2, 0.25) is 0 Å². The summed E-state index contributed by atoms with van der Waals surface area (Å²) in [6.45, 7) is 8.38. The molecule has 0 saturated carbocycles. The summed E-state index contributed by atoms with van der Waals surface area (Å²) in [6, 6.07) is 4.25. The Morgan fingerprint density at radius 2 is 2.14 bits per heavy atom. The molecular formula is C11H18N2S. The third-order valence-corrected chi connectivity index (χ3v) is 2.77. The van der Waals surface area contributed by atoms with E-state index < -0.39 is 0 Å². The molecule has 0 saturated heterocycles. The molecule has 0 radical (unpaired) electrons. The zero-order valence-electron chi connectivity index (χ0n) is 9.13. The summed E-state index contributed by atoms with van der Waals surface area (Å²) in [5, 5.41) is 4.44. The van der Waals surface area contributed by atoms with Crippen molar-refractivity contribution >= 4 is 11.8 Å². The molecular weight excluding hydrogens is 192 g/mol. The lowest BCUT2D eigenvalue weighted by atomic mass is 10.3. The first-order valence-electron chi connectivity index (χ1n) is 5.01. The van der Waals surface area contributed by atoms with E-state index in [1.165, 1.54) is 5.56 Å². The highest BCUT2D eigenvalue weighted by molar-refractivity contribution is 7.99. The average Bonchev–Trinajstić information content (AvgIpc) is 2.11. The van der Waals surface area contributed by atoms with Gasteiger partial charge in [-0.2, -0.15) is 0 Å². The van der Waals surface area contributed by atoms with Gasteiger partial charge in [0.1, 0.15) is 0 Å². The molecule has 1 rings (SSSR count). The number of pyridine rings is 1. The Morgan fingerprint density at radius 1 is 1.36 bits per heavy atom. The Morgan fingerprint density at radius 3 is 2.79 bits per heavy atom. The molecule has 0 unspecified atom stereocenters. The van der Waals surface area contributed by atoms with Crippen molar-refractivity contribution < 1.29 is 0 Å². The van der Waals surface area contributed by atoms with Crippen molar-refractivity contribution in [3.63, 3.8) is 0 Å². The molecule has 14 heavy (non-hydrogen) atoms. The van der Waals surface area contributed by atoms with Crippen molar-refractivity contribution in [3.8, 4) is 0 Å². The quantitative estimate of drug-likeness (QED) is 0.597. The molecule has 0 spiro atoms. The molecule has 2 nitrogen and oxygen atoms in total. The molecule has 0 amide bonds.